The summed E-state index contributed by atoms with van der Waals surface area (Å²) in [5.41, 5.74) is 5.44. The normalized spacial score (nSPS) is 23.4. The Labute approximate surface area is 177 Å². The highest BCUT2D eigenvalue weighted by molar-refractivity contribution is 5.91. The van der Waals surface area contributed by atoms with E-state index in [0.29, 0.717) is 37.5 Å². The Morgan fingerprint density at radius 3 is 2.26 bits per heavy atom. The van der Waals surface area contributed by atoms with Gasteiger partial charge in [-0.1, -0.05) is 12.1 Å². The topological polar surface area (TPSA) is 84.5 Å². The summed E-state index contributed by atoms with van der Waals surface area (Å²) in [5, 5.41) is 3.93. The molecular weight excluding hydrogens is 411 g/mol. The second-order valence-electron chi connectivity index (χ2n) is 8.45. The quantitative estimate of drug-likeness (QED) is 0.801. The number of carbonyl (C=O) groups excluding carboxylic acids is 2. The molecule has 7 nitrogen and oxygen atoms in total. The van der Waals surface area contributed by atoms with Crippen molar-refractivity contribution >= 4 is 11.9 Å². The number of carbonyl (C=O) groups is 2. The number of hydrogen-bond donors (Lipinski definition) is 1. The molecule has 4 rings (SSSR count). The molecule has 0 spiro atoms. The SMILES string of the molecule is CN(Cc1ccc(C(F)(F)F)cc1)C1C[C@@H]2CN(C(=O)n3ccc(C(N)=O)n3)C[C@@H]2C1. The number of aromatic nitrogens is 2. The van der Waals surface area contributed by atoms with Crippen LogP contribution in [0.25, 0.3) is 0 Å². The van der Waals surface area contributed by atoms with Gasteiger partial charge < -0.3 is 10.6 Å². The number of rotatable bonds is 4. The number of primary amides is 1. The number of halogens is 3. The summed E-state index contributed by atoms with van der Waals surface area (Å²) >= 11 is 0. The van der Waals surface area contributed by atoms with Crippen molar-refractivity contribution in [3.63, 3.8) is 0 Å². The van der Waals surface area contributed by atoms with E-state index in [-0.39, 0.29) is 11.7 Å². The largest absolute Gasteiger partial charge is 0.416 e. The van der Waals surface area contributed by atoms with Crippen LogP contribution in [0.4, 0.5) is 18.0 Å². The molecule has 2 aliphatic rings. The van der Waals surface area contributed by atoms with Crippen LogP contribution in [-0.2, 0) is 12.7 Å². The van der Waals surface area contributed by atoms with Gasteiger partial charge in [0.2, 0.25) is 0 Å². The number of nitrogens with zero attached hydrogens (tertiary/aromatic N) is 4. The Morgan fingerprint density at radius 2 is 1.74 bits per heavy atom. The number of amides is 2. The lowest BCUT2D eigenvalue weighted by Gasteiger charge is -2.26. The first-order chi connectivity index (χ1) is 14.6. The Balaban J connectivity index is 1.31. The fourth-order valence-electron chi connectivity index (χ4n) is 4.71. The smallest absolute Gasteiger partial charge is 0.364 e. The van der Waals surface area contributed by atoms with E-state index in [1.165, 1.54) is 24.4 Å². The van der Waals surface area contributed by atoms with Gasteiger partial charge in [0, 0.05) is 31.9 Å². The first-order valence-corrected chi connectivity index (χ1v) is 10.1. The molecule has 1 aromatic heterocycles. The third kappa shape index (κ3) is 4.43. The van der Waals surface area contributed by atoms with Gasteiger partial charge in [0.15, 0.2) is 5.69 Å². The van der Waals surface area contributed by atoms with Crippen LogP contribution in [0.3, 0.4) is 0 Å². The second-order valence-corrected chi connectivity index (χ2v) is 8.45. The van der Waals surface area contributed by atoms with Crippen LogP contribution in [0.15, 0.2) is 36.5 Å². The molecule has 1 saturated carbocycles. The molecule has 2 amide bonds. The highest BCUT2D eigenvalue weighted by Gasteiger charge is 2.43. The van der Waals surface area contributed by atoms with E-state index in [9.17, 15) is 22.8 Å². The van der Waals surface area contributed by atoms with Crippen LogP contribution in [0.5, 0.6) is 0 Å². The minimum Gasteiger partial charge on any atom is -0.364 e. The molecule has 1 saturated heterocycles. The molecule has 2 fully saturated rings. The molecule has 1 aliphatic heterocycles. The zero-order valence-corrected chi connectivity index (χ0v) is 17.0. The van der Waals surface area contributed by atoms with Crippen LogP contribution in [0.2, 0.25) is 0 Å². The van der Waals surface area contributed by atoms with Crippen molar-refractivity contribution in [1.82, 2.24) is 19.6 Å². The van der Waals surface area contributed by atoms with Crippen molar-refractivity contribution in [2.24, 2.45) is 17.6 Å². The van der Waals surface area contributed by atoms with Gasteiger partial charge in [-0.05, 0) is 55.5 Å². The highest BCUT2D eigenvalue weighted by Crippen LogP contribution is 2.40. The van der Waals surface area contributed by atoms with Gasteiger partial charge in [-0.3, -0.25) is 9.69 Å². The zero-order chi connectivity index (χ0) is 22.3. The van der Waals surface area contributed by atoms with Gasteiger partial charge in [0.1, 0.15) is 0 Å². The van der Waals surface area contributed by atoms with E-state index in [2.05, 4.69) is 10.00 Å². The van der Waals surface area contributed by atoms with Gasteiger partial charge in [-0.15, -0.1) is 0 Å². The fourth-order valence-corrected chi connectivity index (χ4v) is 4.71. The third-order valence-electron chi connectivity index (χ3n) is 6.37. The average Bonchev–Trinajstić information content (AvgIpc) is 3.41. The van der Waals surface area contributed by atoms with Crippen LogP contribution in [0, 0.1) is 11.8 Å². The zero-order valence-electron chi connectivity index (χ0n) is 17.0. The second kappa shape index (κ2) is 7.99. The standard InChI is InChI=1S/C21H24F3N5O2/c1-27(10-13-2-4-16(5-3-13)21(22,23)24)17-8-14-11-28(12-15(14)9-17)20(31)29-7-6-18(26-29)19(25)30/h2-7,14-15,17H,8-12H2,1H3,(H2,25,30)/t14-,15+,17?. The molecule has 2 N–H and O–H groups in total. The Bertz CT molecular complexity index is 958. The maximum Gasteiger partial charge on any atom is 0.416 e. The van der Waals surface area contributed by atoms with E-state index in [1.807, 2.05) is 7.05 Å². The summed E-state index contributed by atoms with van der Waals surface area (Å²) in [7, 11) is 1.99. The van der Waals surface area contributed by atoms with Gasteiger partial charge >= 0.3 is 12.2 Å². The fraction of sp³-hybridized carbons (Fsp3) is 0.476. The number of alkyl halides is 3. The van der Waals surface area contributed by atoms with Crippen molar-refractivity contribution in [3.05, 3.63) is 53.3 Å². The molecule has 0 bridgehead atoms. The molecule has 3 atom stereocenters. The van der Waals surface area contributed by atoms with Gasteiger partial charge in [-0.25, -0.2) is 4.79 Å². The van der Waals surface area contributed by atoms with Crippen LogP contribution in [0.1, 0.15) is 34.5 Å². The minimum atomic E-state index is -4.33. The maximum atomic E-state index is 12.7. The summed E-state index contributed by atoms with van der Waals surface area (Å²) in [4.78, 5) is 27.8. The molecule has 0 radical (unpaired) electrons. The van der Waals surface area contributed by atoms with E-state index in [4.69, 9.17) is 5.73 Å². The molecule has 166 valence electrons. The summed E-state index contributed by atoms with van der Waals surface area (Å²) in [6.45, 7) is 1.83. The number of hydrogen-bond acceptors (Lipinski definition) is 4. The molecule has 2 aromatic rings. The molecular formula is C21H24F3N5O2. The molecule has 1 aromatic carbocycles. The number of likely N-dealkylation sites (tertiary alicyclic amines) is 1. The minimum absolute atomic E-state index is 0.0534. The average molecular weight is 435 g/mol. The molecule has 31 heavy (non-hydrogen) atoms. The maximum absolute atomic E-state index is 12.7. The van der Waals surface area contributed by atoms with E-state index < -0.39 is 17.6 Å². The van der Waals surface area contributed by atoms with Crippen molar-refractivity contribution in [2.75, 3.05) is 20.1 Å². The lowest BCUT2D eigenvalue weighted by molar-refractivity contribution is -0.137. The van der Waals surface area contributed by atoms with Crippen LogP contribution in [-0.4, -0.2) is 57.7 Å². The first-order valence-electron chi connectivity index (χ1n) is 10.1. The van der Waals surface area contributed by atoms with Gasteiger partial charge in [-0.2, -0.15) is 23.0 Å². The predicted molar refractivity (Wildman–Crippen MR) is 106 cm³/mol. The lowest BCUT2D eigenvalue weighted by atomic mass is 10.0. The van der Waals surface area contributed by atoms with Crippen LogP contribution >= 0.6 is 0 Å². The summed E-state index contributed by atoms with van der Waals surface area (Å²) in [6.07, 6.45) is -1.03. The lowest BCUT2D eigenvalue weighted by Crippen LogP contribution is -2.36. The Kier molecular flexibility index (Phi) is 5.50. The summed E-state index contributed by atoms with van der Waals surface area (Å²) in [6, 6.07) is 6.77. The van der Waals surface area contributed by atoms with Crippen LogP contribution < -0.4 is 5.73 Å². The first kappa shape index (κ1) is 21.4. The number of fused-ring (bicyclic) bond motifs is 1. The Morgan fingerprint density at radius 1 is 1.13 bits per heavy atom. The molecule has 1 aliphatic carbocycles. The molecule has 2 heterocycles. The van der Waals surface area contributed by atoms with E-state index in [1.54, 1.807) is 4.90 Å². The predicted octanol–water partition coefficient (Wildman–Crippen LogP) is 2.81. The Hall–Kier alpha value is -2.88. The number of benzene rings is 1. The van der Waals surface area contributed by atoms with Crippen molar-refractivity contribution < 1.29 is 22.8 Å². The number of nitrogens with two attached hydrogens (primary N) is 1. The van der Waals surface area contributed by atoms with Crippen molar-refractivity contribution in [1.29, 1.82) is 0 Å². The van der Waals surface area contributed by atoms with Gasteiger partial charge in [0.25, 0.3) is 5.91 Å². The summed E-state index contributed by atoms with van der Waals surface area (Å²) in [5.74, 6) is 0.0640. The monoisotopic (exact) mass is 435 g/mol. The highest BCUT2D eigenvalue weighted by atomic mass is 19.4. The van der Waals surface area contributed by atoms with E-state index >= 15 is 0 Å². The van der Waals surface area contributed by atoms with Crippen molar-refractivity contribution in [3.8, 4) is 0 Å². The van der Waals surface area contributed by atoms with E-state index in [0.717, 1.165) is 35.2 Å². The summed E-state index contributed by atoms with van der Waals surface area (Å²) < 4.78 is 39.3. The third-order valence-corrected chi connectivity index (χ3v) is 6.37. The van der Waals surface area contributed by atoms with Gasteiger partial charge in [0.05, 0.1) is 5.56 Å². The molecule has 1 unspecified atom stereocenters. The van der Waals surface area contributed by atoms with Crippen molar-refractivity contribution in [2.45, 2.75) is 31.6 Å². The molecule has 10 heteroatoms.